The van der Waals surface area contributed by atoms with Crippen LogP contribution in [0.1, 0.15) is 18.9 Å². The van der Waals surface area contributed by atoms with E-state index >= 15 is 0 Å². The van der Waals surface area contributed by atoms with E-state index in [0.29, 0.717) is 11.2 Å². The fourth-order valence-corrected chi connectivity index (χ4v) is 7.25. The number of hydrogen-bond donors (Lipinski definition) is 6. The highest BCUT2D eigenvalue weighted by molar-refractivity contribution is 7.52. The molecule has 9 atom stereocenters. The molecule has 3 aliphatic heterocycles. The summed E-state index contributed by atoms with van der Waals surface area (Å²) in [6, 6.07) is 1.52. The SMILES string of the molecule is Nc1nc2c(ncn2[C@@H]2O[C@@H]3COP(=O)(O)O[C@@H]4C(O)[C@H](n5cnc6c(N)ccnc65)O[C@@H]4OCP(=O)(O)OC2C3)c(=O)[nH]1. The Labute approximate surface area is 244 Å². The number of ether oxygens (including phenoxy) is 3. The molecular weight excluding hydrogens is 632 g/mol. The van der Waals surface area contributed by atoms with Crippen LogP contribution in [0.2, 0.25) is 0 Å². The fraction of sp³-hybridized carbons (Fsp3) is 0.476. The number of aromatic nitrogens is 7. The number of nitrogen functional groups attached to an aromatic ring is 2. The van der Waals surface area contributed by atoms with Crippen LogP contribution in [0.3, 0.4) is 0 Å². The fourth-order valence-electron chi connectivity index (χ4n) is 5.30. The molecule has 236 valence electrons. The zero-order chi connectivity index (χ0) is 31.0. The number of hydrogen-bond acceptors (Lipinski definition) is 16. The van der Waals surface area contributed by atoms with Gasteiger partial charge in [-0.25, -0.2) is 19.5 Å². The van der Waals surface area contributed by atoms with Crippen molar-refractivity contribution in [2.45, 2.75) is 49.6 Å². The molecule has 0 aromatic carbocycles. The van der Waals surface area contributed by atoms with Crippen molar-refractivity contribution < 1.29 is 51.8 Å². The highest BCUT2D eigenvalue weighted by Crippen LogP contribution is 2.53. The number of H-pyrrole nitrogens is 1. The quantitative estimate of drug-likeness (QED) is 0.145. The Balaban J connectivity index is 1.19. The molecule has 21 nitrogen and oxygen atoms in total. The van der Waals surface area contributed by atoms with Crippen LogP contribution in [-0.2, 0) is 36.9 Å². The number of aliphatic hydroxyl groups is 1. The molecule has 0 radical (unpaired) electrons. The normalized spacial score (nSPS) is 36.6. The van der Waals surface area contributed by atoms with Crippen LogP contribution in [0.25, 0.3) is 22.3 Å². The Hall–Kier alpha value is -3.33. The highest BCUT2D eigenvalue weighted by atomic mass is 31.2. The molecule has 4 unspecified atom stereocenters. The summed E-state index contributed by atoms with van der Waals surface area (Å²) in [5.74, 6) is -0.212. The minimum Gasteiger partial charge on any atom is -0.397 e. The number of fused-ring (bicyclic) bond motifs is 5. The first-order valence-corrected chi connectivity index (χ1v) is 16.2. The van der Waals surface area contributed by atoms with Gasteiger partial charge in [-0.15, -0.1) is 0 Å². The number of anilines is 2. The third-order valence-electron chi connectivity index (χ3n) is 7.19. The second kappa shape index (κ2) is 10.6. The maximum atomic E-state index is 13.3. The molecular formula is C21H25N9O12P2. The van der Waals surface area contributed by atoms with Gasteiger partial charge in [-0.05, 0) is 6.07 Å². The van der Waals surface area contributed by atoms with E-state index in [-0.39, 0.29) is 29.2 Å². The maximum absolute atomic E-state index is 13.3. The summed E-state index contributed by atoms with van der Waals surface area (Å²) in [4.78, 5) is 52.4. The Kier molecular flexibility index (Phi) is 7.11. The molecule has 3 aliphatic rings. The van der Waals surface area contributed by atoms with Crippen LogP contribution in [0.4, 0.5) is 11.6 Å². The smallest absolute Gasteiger partial charge is 0.397 e. The largest absolute Gasteiger partial charge is 0.472 e. The summed E-state index contributed by atoms with van der Waals surface area (Å²) >= 11 is 0. The first kappa shape index (κ1) is 29.4. The van der Waals surface area contributed by atoms with Gasteiger partial charge in [-0.2, -0.15) is 4.98 Å². The van der Waals surface area contributed by atoms with E-state index in [4.69, 9.17) is 39.2 Å². The number of aromatic amines is 1. The van der Waals surface area contributed by atoms with Crippen LogP contribution < -0.4 is 17.0 Å². The first-order chi connectivity index (χ1) is 20.9. The van der Waals surface area contributed by atoms with E-state index in [1.54, 1.807) is 0 Å². The molecule has 3 saturated heterocycles. The number of aliphatic hydroxyl groups excluding tert-OH is 1. The molecule has 0 spiro atoms. The molecule has 8 N–H and O–H groups in total. The lowest BCUT2D eigenvalue weighted by Crippen LogP contribution is -2.35. The van der Waals surface area contributed by atoms with E-state index in [1.165, 1.54) is 34.1 Å². The molecule has 7 rings (SSSR count). The number of phosphoric acid groups is 1. The molecule has 0 saturated carbocycles. The van der Waals surface area contributed by atoms with Gasteiger partial charge in [0, 0.05) is 12.6 Å². The maximum Gasteiger partial charge on any atom is 0.472 e. The third-order valence-corrected chi connectivity index (χ3v) is 9.25. The van der Waals surface area contributed by atoms with Crippen LogP contribution in [0.5, 0.6) is 0 Å². The number of phosphoric ester groups is 1. The molecule has 2 bridgehead atoms. The lowest BCUT2D eigenvalue weighted by molar-refractivity contribution is -0.167. The lowest BCUT2D eigenvalue weighted by Gasteiger charge is -2.26. The average molecular weight is 657 g/mol. The molecule has 0 amide bonds. The number of nitrogens with zero attached hydrogens (tertiary/aromatic N) is 6. The van der Waals surface area contributed by atoms with Gasteiger partial charge in [0.1, 0.15) is 17.7 Å². The summed E-state index contributed by atoms with van der Waals surface area (Å²) in [5.41, 5.74) is 11.7. The summed E-state index contributed by atoms with van der Waals surface area (Å²) in [5, 5.41) is 11.1. The van der Waals surface area contributed by atoms with E-state index in [9.17, 15) is 28.8 Å². The zero-order valence-corrected chi connectivity index (χ0v) is 24.0. The highest BCUT2D eigenvalue weighted by Gasteiger charge is 2.52. The third kappa shape index (κ3) is 5.21. The van der Waals surface area contributed by atoms with E-state index in [2.05, 4.69) is 24.9 Å². The van der Waals surface area contributed by atoms with Gasteiger partial charge in [0.05, 0.1) is 31.1 Å². The van der Waals surface area contributed by atoms with Crippen molar-refractivity contribution in [2.24, 2.45) is 0 Å². The van der Waals surface area contributed by atoms with Gasteiger partial charge in [-0.3, -0.25) is 37.0 Å². The molecule has 4 aromatic rings. The Morgan fingerprint density at radius 2 is 1.75 bits per heavy atom. The summed E-state index contributed by atoms with van der Waals surface area (Å²) in [6.45, 7) is -0.545. The number of imidazole rings is 2. The topological polar surface area (TPSA) is 297 Å². The van der Waals surface area contributed by atoms with Crippen molar-refractivity contribution in [3.63, 3.8) is 0 Å². The second-order valence-electron chi connectivity index (χ2n) is 10.2. The van der Waals surface area contributed by atoms with Crippen molar-refractivity contribution >= 4 is 49.4 Å². The van der Waals surface area contributed by atoms with E-state index in [0.717, 1.165) is 0 Å². The first-order valence-electron chi connectivity index (χ1n) is 12.9. The number of nitrogens with one attached hydrogen (secondary N) is 1. The van der Waals surface area contributed by atoms with Gasteiger partial charge in [0.15, 0.2) is 48.0 Å². The summed E-state index contributed by atoms with van der Waals surface area (Å²) in [7, 11) is -9.57. The lowest BCUT2D eigenvalue weighted by atomic mass is 10.2. The monoisotopic (exact) mass is 657 g/mol. The number of pyridine rings is 1. The molecule has 23 heteroatoms. The predicted octanol–water partition coefficient (Wildman–Crippen LogP) is -0.707. The van der Waals surface area contributed by atoms with Gasteiger partial charge >= 0.3 is 15.4 Å². The Morgan fingerprint density at radius 1 is 1.00 bits per heavy atom. The van der Waals surface area contributed by atoms with Gasteiger partial charge in [-0.1, -0.05) is 0 Å². The van der Waals surface area contributed by atoms with Gasteiger partial charge < -0.3 is 40.6 Å². The van der Waals surface area contributed by atoms with E-state index < -0.39 is 77.1 Å². The van der Waals surface area contributed by atoms with Crippen LogP contribution in [-0.4, -0.2) is 92.6 Å². The number of rotatable bonds is 2. The second-order valence-corrected chi connectivity index (χ2v) is 13.3. The van der Waals surface area contributed by atoms with E-state index in [1.807, 2.05) is 0 Å². The minimum absolute atomic E-state index is 0.00165. The van der Waals surface area contributed by atoms with Crippen LogP contribution in [0.15, 0.2) is 29.7 Å². The predicted molar refractivity (Wildman–Crippen MR) is 144 cm³/mol. The molecule has 3 fully saturated rings. The molecule has 44 heavy (non-hydrogen) atoms. The number of nitrogens with two attached hydrogens (primary N) is 2. The van der Waals surface area contributed by atoms with Crippen molar-refractivity contribution in [1.82, 2.24) is 34.1 Å². The molecule has 7 heterocycles. The summed E-state index contributed by atoms with van der Waals surface area (Å²) < 4.78 is 62.1. The zero-order valence-electron chi connectivity index (χ0n) is 22.2. The van der Waals surface area contributed by atoms with Crippen LogP contribution >= 0.6 is 15.4 Å². The van der Waals surface area contributed by atoms with Crippen molar-refractivity contribution in [1.29, 1.82) is 0 Å². The minimum atomic E-state index is -4.94. The Bertz CT molecular complexity index is 1900. The standard InChI is InChI=1S/C21H25N9O12P2/c22-9-1-2-24-15-11(9)25-5-29(15)19-13(31)14-20(40-19)37-7-43(33,34)41-10-3-8(4-38-44(35,36)42-14)39-18(10)30-6-26-12-16(30)27-21(23)28-17(12)32/h1-2,5-6,8,10,13-14,18-20,31H,3-4,7H2,(H2,22,24)(H,33,34)(H,35,36)(H3,23,27,28,32)/t8-,10?,13?,14+,18+,19+,20-/m0/s1. The summed E-state index contributed by atoms with van der Waals surface area (Å²) in [6.07, 6.45) is -6.92. The molecule has 0 aliphatic carbocycles. The Morgan fingerprint density at radius 3 is 2.55 bits per heavy atom. The average Bonchev–Trinajstić information content (AvgIpc) is 3.72. The van der Waals surface area contributed by atoms with Crippen molar-refractivity contribution in [2.75, 3.05) is 24.4 Å². The van der Waals surface area contributed by atoms with Crippen molar-refractivity contribution in [3.05, 3.63) is 35.3 Å². The van der Waals surface area contributed by atoms with Gasteiger partial charge in [0.2, 0.25) is 5.95 Å². The van der Waals surface area contributed by atoms with Gasteiger partial charge in [0.25, 0.3) is 5.56 Å². The van der Waals surface area contributed by atoms with Crippen LogP contribution in [0, 0.1) is 0 Å². The molecule has 4 aromatic heterocycles. The van der Waals surface area contributed by atoms with Crippen molar-refractivity contribution in [3.8, 4) is 0 Å².